The van der Waals surface area contributed by atoms with E-state index in [2.05, 4.69) is 0 Å². The fourth-order valence-corrected chi connectivity index (χ4v) is 2.36. The van der Waals surface area contributed by atoms with Gasteiger partial charge in [-0.05, 0) is 19.8 Å². The van der Waals surface area contributed by atoms with Gasteiger partial charge in [0.15, 0.2) is 0 Å². The Kier molecular flexibility index (Phi) is 12.7. The fraction of sp³-hybridized carbons (Fsp3) is 1.00. The Hall–Kier alpha value is -0.170. The van der Waals surface area contributed by atoms with Crippen LogP contribution in [0.4, 0.5) is 0 Å². The topological polar surface area (TPSA) is 78.6 Å². The second-order valence-corrected chi connectivity index (χ2v) is 6.39. The molecule has 0 aromatic heterocycles. The lowest BCUT2D eigenvalue weighted by molar-refractivity contribution is 0.0512. The van der Waals surface area contributed by atoms with Gasteiger partial charge in [0, 0.05) is 13.2 Å². The Morgan fingerprint density at radius 1 is 0.789 bits per heavy atom. The summed E-state index contributed by atoms with van der Waals surface area (Å²) >= 11 is 0. The zero-order valence-corrected chi connectivity index (χ0v) is 12.9. The first-order valence-corrected chi connectivity index (χ1v) is 8.93. The molecule has 19 heavy (non-hydrogen) atoms. The maximum Gasteiger partial charge on any atom is 0.209 e. The van der Waals surface area contributed by atoms with Crippen molar-refractivity contribution < 1.29 is 17.9 Å². The van der Waals surface area contributed by atoms with E-state index in [1.165, 1.54) is 12.8 Å². The van der Waals surface area contributed by atoms with Gasteiger partial charge in [0.2, 0.25) is 10.0 Å². The van der Waals surface area contributed by atoms with Crippen molar-refractivity contribution in [2.75, 3.05) is 32.2 Å². The standard InChI is InChI=1S/C13H29NO4S/c1-2-17-11-12-18-10-8-6-4-3-5-7-9-13-19(14,15)16/h2-13H2,1H3,(H2,14,15,16). The number of sulfonamides is 1. The van der Waals surface area contributed by atoms with Crippen molar-refractivity contribution in [2.45, 2.75) is 51.9 Å². The van der Waals surface area contributed by atoms with Crippen LogP contribution in [0.2, 0.25) is 0 Å². The van der Waals surface area contributed by atoms with Crippen LogP contribution in [0.3, 0.4) is 0 Å². The van der Waals surface area contributed by atoms with Gasteiger partial charge in [0.05, 0.1) is 19.0 Å². The third kappa shape index (κ3) is 17.8. The van der Waals surface area contributed by atoms with Crippen LogP contribution in [0, 0.1) is 0 Å². The molecule has 0 spiro atoms. The summed E-state index contributed by atoms with van der Waals surface area (Å²) in [4.78, 5) is 0. The van der Waals surface area contributed by atoms with Crippen molar-refractivity contribution in [1.82, 2.24) is 0 Å². The molecule has 0 saturated heterocycles. The maximum atomic E-state index is 10.7. The lowest BCUT2D eigenvalue weighted by Gasteiger charge is -2.04. The summed E-state index contributed by atoms with van der Waals surface area (Å²) in [5.41, 5.74) is 0. The van der Waals surface area contributed by atoms with Crippen LogP contribution in [0.1, 0.15) is 51.9 Å². The molecule has 0 bridgehead atoms. The van der Waals surface area contributed by atoms with E-state index in [0.29, 0.717) is 19.6 Å². The van der Waals surface area contributed by atoms with Crippen LogP contribution in [0.5, 0.6) is 0 Å². The zero-order valence-electron chi connectivity index (χ0n) is 12.1. The van der Waals surface area contributed by atoms with Gasteiger partial charge in [0.25, 0.3) is 0 Å². The number of hydrogen-bond donors (Lipinski definition) is 1. The van der Waals surface area contributed by atoms with E-state index >= 15 is 0 Å². The molecule has 0 fully saturated rings. The van der Waals surface area contributed by atoms with Gasteiger partial charge in [-0.25, -0.2) is 13.6 Å². The van der Waals surface area contributed by atoms with Crippen LogP contribution in [0.25, 0.3) is 0 Å². The van der Waals surface area contributed by atoms with Gasteiger partial charge < -0.3 is 9.47 Å². The van der Waals surface area contributed by atoms with Crippen molar-refractivity contribution in [2.24, 2.45) is 5.14 Å². The highest BCUT2D eigenvalue weighted by atomic mass is 32.2. The SMILES string of the molecule is CCOCCOCCCCCCCCCS(N)(=O)=O. The Morgan fingerprint density at radius 2 is 1.32 bits per heavy atom. The Balaban J connectivity index is 3.03. The second-order valence-electron chi connectivity index (χ2n) is 4.65. The second kappa shape index (κ2) is 12.8. The molecule has 0 saturated carbocycles. The summed E-state index contributed by atoms with van der Waals surface area (Å²) in [5.74, 6) is 0.112. The van der Waals surface area contributed by atoms with E-state index in [-0.39, 0.29) is 5.75 Å². The first-order chi connectivity index (χ1) is 9.06. The number of hydrogen-bond acceptors (Lipinski definition) is 4. The molecule has 0 amide bonds. The lowest BCUT2D eigenvalue weighted by atomic mass is 10.1. The molecule has 116 valence electrons. The van der Waals surface area contributed by atoms with Crippen molar-refractivity contribution in [3.8, 4) is 0 Å². The number of ether oxygens (including phenoxy) is 2. The Morgan fingerprint density at radius 3 is 1.89 bits per heavy atom. The number of primary sulfonamides is 1. The maximum absolute atomic E-state index is 10.7. The van der Waals surface area contributed by atoms with Gasteiger partial charge in [-0.1, -0.05) is 32.1 Å². The third-order valence-corrected chi connectivity index (χ3v) is 3.65. The fourth-order valence-electron chi connectivity index (χ4n) is 1.76. The first-order valence-electron chi connectivity index (χ1n) is 7.22. The highest BCUT2D eigenvalue weighted by Gasteiger charge is 2.01. The molecule has 2 N–H and O–H groups in total. The van der Waals surface area contributed by atoms with Crippen molar-refractivity contribution >= 4 is 10.0 Å². The van der Waals surface area contributed by atoms with Gasteiger partial charge >= 0.3 is 0 Å². The molecule has 0 radical (unpaired) electrons. The van der Waals surface area contributed by atoms with E-state index in [4.69, 9.17) is 14.6 Å². The van der Waals surface area contributed by atoms with Crippen LogP contribution in [-0.4, -0.2) is 40.6 Å². The van der Waals surface area contributed by atoms with Gasteiger partial charge in [-0.3, -0.25) is 0 Å². The molecular weight excluding hydrogens is 266 g/mol. The summed E-state index contributed by atoms with van der Waals surface area (Å²) in [7, 11) is -3.27. The largest absolute Gasteiger partial charge is 0.379 e. The quantitative estimate of drug-likeness (QED) is 0.497. The minimum absolute atomic E-state index is 0.112. The molecule has 0 aliphatic heterocycles. The van der Waals surface area contributed by atoms with Crippen molar-refractivity contribution in [3.05, 3.63) is 0 Å². The normalized spacial score (nSPS) is 11.9. The molecule has 0 aliphatic rings. The van der Waals surface area contributed by atoms with Crippen LogP contribution in [0.15, 0.2) is 0 Å². The molecule has 0 aromatic rings. The van der Waals surface area contributed by atoms with Gasteiger partial charge in [0.1, 0.15) is 0 Å². The Labute approximate surface area is 117 Å². The zero-order chi connectivity index (χ0) is 14.4. The minimum Gasteiger partial charge on any atom is -0.379 e. The van der Waals surface area contributed by atoms with E-state index in [0.717, 1.165) is 38.9 Å². The van der Waals surface area contributed by atoms with Crippen LogP contribution in [-0.2, 0) is 19.5 Å². The minimum atomic E-state index is -3.27. The van der Waals surface area contributed by atoms with Gasteiger partial charge in [-0.15, -0.1) is 0 Å². The average molecular weight is 295 g/mol. The number of nitrogens with two attached hydrogens (primary N) is 1. The molecule has 0 aromatic carbocycles. The van der Waals surface area contributed by atoms with E-state index in [1.54, 1.807) is 0 Å². The van der Waals surface area contributed by atoms with E-state index < -0.39 is 10.0 Å². The summed E-state index contributed by atoms with van der Waals surface area (Å²) in [6.45, 7) is 4.89. The smallest absolute Gasteiger partial charge is 0.209 e. The van der Waals surface area contributed by atoms with Crippen LogP contribution < -0.4 is 5.14 Å². The highest BCUT2D eigenvalue weighted by Crippen LogP contribution is 2.07. The van der Waals surface area contributed by atoms with Crippen molar-refractivity contribution in [3.63, 3.8) is 0 Å². The summed E-state index contributed by atoms with van der Waals surface area (Å²) in [6, 6.07) is 0. The molecule has 6 heteroatoms. The Bertz CT molecular complexity index is 280. The van der Waals surface area contributed by atoms with E-state index in [1.807, 2.05) is 6.92 Å². The lowest BCUT2D eigenvalue weighted by Crippen LogP contribution is -2.16. The molecule has 0 unspecified atom stereocenters. The molecular formula is C13H29NO4S. The van der Waals surface area contributed by atoms with E-state index in [9.17, 15) is 8.42 Å². The molecule has 5 nitrogen and oxygen atoms in total. The van der Waals surface area contributed by atoms with Crippen molar-refractivity contribution in [1.29, 1.82) is 0 Å². The molecule has 0 atom stereocenters. The predicted octanol–water partition coefficient (Wildman–Crippen LogP) is 2.06. The highest BCUT2D eigenvalue weighted by molar-refractivity contribution is 7.89. The summed E-state index contributed by atoms with van der Waals surface area (Å²) in [5, 5.41) is 4.92. The van der Waals surface area contributed by atoms with Crippen LogP contribution >= 0.6 is 0 Å². The molecule has 0 rings (SSSR count). The molecule has 0 heterocycles. The summed E-state index contributed by atoms with van der Waals surface area (Å²) in [6.07, 6.45) is 7.31. The number of rotatable bonds is 14. The predicted molar refractivity (Wildman–Crippen MR) is 77.6 cm³/mol. The number of unbranched alkanes of at least 4 members (excludes halogenated alkanes) is 6. The molecule has 0 aliphatic carbocycles. The first kappa shape index (κ1) is 18.8. The monoisotopic (exact) mass is 295 g/mol. The van der Waals surface area contributed by atoms with Gasteiger partial charge in [-0.2, -0.15) is 0 Å². The average Bonchev–Trinajstić information content (AvgIpc) is 2.34. The third-order valence-electron chi connectivity index (χ3n) is 2.79. The summed E-state index contributed by atoms with van der Waals surface area (Å²) < 4.78 is 32.0.